The van der Waals surface area contributed by atoms with Gasteiger partial charge in [-0.2, -0.15) is 0 Å². The minimum atomic E-state index is 0.610. The summed E-state index contributed by atoms with van der Waals surface area (Å²) in [5.41, 5.74) is 0. The summed E-state index contributed by atoms with van der Waals surface area (Å²) in [5, 5.41) is 6.84. The van der Waals surface area contributed by atoms with Gasteiger partial charge in [-0.05, 0) is 19.4 Å². The number of aromatic amines is 1. The average molecular weight is 180 g/mol. The highest BCUT2D eigenvalue weighted by Crippen LogP contribution is 2.01. The minimum Gasteiger partial charge on any atom is -0.348 e. The minimum absolute atomic E-state index is 0.610. The highest BCUT2D eigenvalue weighted by Gasteiger charge is 2.11. The number of hydrogen-bond acceptors (Lipinski definition) is 3. The van der Waals surface area contributed by atoms with Gasteiger partial charge >= 0.3 is 0 Å². The van der Waals surface area contributed by atoms with Gasteiger partial charge in [0.15, 0.2) is 0 Å². The molecule has 72 valence electrons. The third kappa shape index (κ3) is 2.54. The molecule has 0 amide bonds. The lowest BCUT2D eigenvalue weighted by Crippen LogP contribution is -2.42. The van der Waals surface area contributed by atoms with Crippen LogP contribution in [0.25, 0.3) is 0 Å². The molecule has 3 N–H and O–H groups in total. The Morgan fingerprint density at radius 2 is 2.62 bits per heavy atom. The molecule has 0 saturated carbocycles. The van der Waals surface area contributed by atoms with Gasteiger partial charge in [0.25, 0.3) is 0 Å². The van der Waals surface area contributed by atoms with Crippen LogP contribution < -0.4 is 10.6 Å². The van der Waals surface area contributed by atoms with Gasteiger partial charge in [0.05, 0.1) is 6.54 Å². The normalized spacial score (nSPS) is 23.2. The predicted octanol–water partition coefficient (Wildman–Crippen LogP) is 0.251. The van der Waals surface area contributed by atoms with Crippen LogP contribution in [0.4, 0.5) is 0 Å². The summed E-state index contributed by atoms with van der Waals surface area (Å²) in [6, 6.07) is 0.610. The van der Waals surface area contributed by atoms with Crippen LogP contribution in [-0.4, -0.2) is 29.1 Å². The van der Waals surface area contributed by atoms with E-state index in [1.807, 2.05) is 6.20 Å². The Balaban J connectivity index is 1.72. The lowest BCUT2D eigenvalue weighted by Gasteiger charge is -2.23. The van der Waals surface area contributed by atoms with Crippen molar-refractivity contribution in [1.82, 2.24) is 20.6 Å². The fourth-order valence-electron chi connectivity index (χ4n) is 1.66. The molecule has 0 radical (unpaired) electrons. The van der Waals surface area contributed by atoms with Gasteiger partial charge < -0.3 is 15.6 Å². The molecule has 0 spiro atoms. The fraction of sp³-hybridized carbons (Fsp3) is 0.667. The maximum atomic E-state index is 4.16. The summed E-state index contributed by atoms with van der Waals surface area (Å²) in [4.78, 5) is 7.24. The van der Waals surface area contributed by atoms with E-state index in [2.05, 4.69) is 20.6 Å². The molecule has 1 aliphatic rings. The summed E-state index contributed by atoms with van der Waals surface area (Å²) in [7, 11) is 0. The summed E-state index contributed by atoms with van der Waals surface area (Å²) < 4.78 is 0. The zero-order valence-corrected chi connectivity index (χ0v) is 7.71. The van der Waals surface area contributed by atoms with Crippen molar-refractivity contribution in [2.45, 2.75) is 25.4 Å². The number of H-pyrrole nitrogens is 1. The number of imidazole rings is 1. The monoisotopic (exact) mass is 180 g/mol. The van der Waals surface area contributed by atoms with Gasteiger partial charge in [0.2, 0.25) is 0 Å². The van der Waals surface area contributed by atoms with E-state index >= 15 is 0 Å². The molecule has 1 aromatic heterocycles. The van der Waals surface area contributed by atoms with Gasteiger partial charge in [0.1, 0.15) is 5.82 Å². The summed E-state index contributed by atoms with van der Waals surface area (Å²) >= 11 is 0. The van der Waals surface area contributed by atoms with Crippen LogP contribution in [0, 0.1) is 0 Å². The smallest absolute Gasteiger partial charge is 0.120 e. The largest absolute Gasteiger partial charge is 0.348 e. The van der Waals surface area contributed by atoms with E-state index in [0.29, 0.717) is 6.04 Å². The Morgan fingerprint density at radius 1 is 1.62 bits per heavy atom. The summed E-state index contributed by atoms with van der Waals surface area (Å²) in [5.74, 6) is 1.02. The van der Waals surface area contributed by atoms with Crippen LogP contribution in [0.5, 0.6) is 0 Å². The number of nitrogens with zero attached hydrogens (tertiary/aromatic N) is 1. The van der Waals surface area contributed by atoms with E-state index in [4.69, 9.17) is 0 Å². The SMILES string of the molecule is c1c[nH]c(CNC2CCCNC2)n1. The maximum Gasteiger partial charge on any atom is 0.120 e. The quantitative estimate of drug-likeness (QED) is 0.625. The Labute approximate surface area is 78.1 Å². The molecule has 0 aromatic carbocycles. The molecule has 2 rings (SSSR count). The summed E-state index contributed by atoms with van der Waals surface area (Å²) in [6.45, 7) is 3.10. The molecule has 4 heteroatoms. The summed E-state index contributed by atoms with van der Waals surface area (Å²) in [6.07, 6.45) is 6.19. The first kappa shape index (κ1) is 8.72. The van der Waals surface area contributed by atoms with Crippen LogP contribution >= 0.6 is 0 Å². The molecular formula is C9H16N4. The zero-order valence-electron chi connectivity index (χ0n) is 7.71. The Bertz CT molecular complexity index is 226. The molecule has 13 heavy (non-hydrogen) atoms. The van der Waals surface area contributed by atoms with Crippen molar-refractivity contribution >= 4 is 0 Å². The second-order valence-electron chi connectivity index (χ2n) is 3.46. The highest BCUT2D eigenvalue weighted by molar-refractivity contribution is 4.87. The number of nitrogens with one attached hydrogen (secondary N) is 3. The Hall–Kier alpha value is -0.870. The van der Waals surface area contributed by atoms with Gasteiger partial charge in [-0.1, -0.05) is 0 Å². The number of piperidine rings is 1. The molecule has 0 aliphatic carbocycles. The third-order valence-electron chi connectivity index (χ3n) is 2.41. The number of rotatable bonds is 3. The number of hydrogen-bond donors (Lipinski definition) is 3. The van der Waals surface area contributed by atoms with Crippen molar-refractivity contribution in [2.24, 2.45) is 0 Å². The van der Waals surface area contributed by atoms with E-state index < -0.39 is 0 Å². The van der Waals surface area contributed by atoms with Crippen LogP contribution in [-0.2, 0) is 6.54 Å². The maximum absolute atomic E-state index is 4.16. The third-order valence-corrected chi connectivity index (χ3v) is 2.41. The van der Waals surface area contributed by atoms with Gasteiger partial charge in [-0.25, -0.2) is 4.98 Å². The first-order valence-corrected chi connectivity index (χ1v) is 4.87. The van der Waals surface area contributed by atoms with E-state index in [1.165, 1.54) is 19.4 Å². The molecule has 4 nitrogen and oxygen atoms in total. The molecular weight excluding hydrogens is 164 g/mol. The predicted molar refractivity (Wildman–Crippen MR) is 51.3 cm³/mol. The second kappa shape index (κ2) is 4.39. The van der Waals surface area contributed by atoms with Crippen LogP contribution in [0.15, 0.2) is 12.4 Å². The van der Waals surface area contributed by atoms with Gasteiger partial charge in [-0.15, -0.1) is 0 Å². The van der Waals surface area contributed by atoms with Crippen LogP contribution in [0.3, 0.4) is 0 Å². The van der Waals surface area contributed by atoms with Crippen LogP contribution in [0.2, 0.25) is 0 Å². The van der Waals surface area contributed by atoms with Crippen molar-refractivity contribution in [3.63, 3.8) is 0 Å². The van der Waals surface area contributed by atoms with Crippen molar-refractivity contribution < 1.29 is 0 Å². The molecule has 0 bridgehead atoms. The molecule has 1 atom stereocenters. The van der Waals surface area contributed by atoms with Crippen molar-refractivity contribution in [3.05, 3.63) is 18.2 Å². The average Bonchev–Trinajstić information content (AvgIpc) is 2.69. The lowest BCUT2D eigenvalue weighted by atomic mass is 10.1. The standard InChI is InChI=1S/C9H16N4/c1-2-8(6-10-3-1)13-7-9-11-4-5-12-9/h4-5,8,10,13H,1-3,6-7H2,(H,11,12). The van der Waals surface area contributed by atoms with E-state index in [-0.39, 0.29) is 0 Å². The van der Waals surface area contributed by atoms with E-state index in [0.717, 1.165) is 18.9 Å². The lowest BCUT2D eigenvalue weighted by molar-refractivity contribution is 0.386. The molecule has 1 fully saturated rings. The topological polar surface area (TPSA) is 52.7 Å². The highest BCUT2D eigenvalue weighted by atomic mass is 15.0. The van der Waals surface area contributed by atoms with Gasteiger partial charge in [0, 0.05) is 25.0 Å². The second-order valence-corrected chi connectivity index (χ2v) is 3.46. The first-order valence-electron chi connectivity index (χ1n) is 4.87. The van der Waals surface area contributed by atoms with Crippen molar-refractivity contribution in [1.29, 1.82) is 0 Å². The Kier molecular flexibility index (Phi) is 2.94. The van der Waals surface area contributed by atoms with E-state index in [1.54, 1.807) is 6.20 Å². The molecule has 1 aliphatic heterocycles. The van der Waals surface area contributed by atoms with Gasteiger partial charge in [-0.3, -0.25) is 0 Å². The molecule has 1 unspecified atom stereocenters. The Morgan fingerprint density at radius 3 is 3.31 bits per heavy atom. The fourth-order valence-corrected chi connectivity index (χ4v) is 1.66. The molecule has 2 heterocycles. The molecule has 1 aromatic rings. The van der Waals surface area contributed by atoms with E-state index in [9.17, 15) is 0 Å². The van der Waals surface area contributed by atoms with Crippen molar-refractivity contribution in [2.75, 3.05) is 13.1 Å². The zero-order chi connectivity index (χ0) is 8.93. The first-order chi connectivity index (χ1) is 6.45. The van der Waals surface area contributed by atoms with Crippen molar-refractivity contribution in [3.8, 4) is 0 Å². The molecule has 1 saturated heterocycles. The number of aromatic nitrogens is 2. The van der Waals surface area contributed by atoms with Crippen LogP contribution in [0.1, 0.15) is 18.7 Å².